The van der Waals surface area contributed by atoms with Gasteiger partial charge >= 0.3 is 0 Å². The first-order valence-corrected chi connectivity index (χ1v) is 7.04. The third kappa shape index (κ3) is 3.50. The molecule has 20 heavy (non-hydrogen) atoms. The molecule has 1 N–H and O–H groups in total. The van der Waals surface area contributed by atoms with Gasteiger partial charge in [-0.2, -0.15) is 0 Å². The van der Waals surface area contributed by atoms with Crippen LogP contribution in [0.2, 0.25) is 5.02 Å². The Morgan fingerprint density at radius 1 is 1.20 bits per heavy atom. The highest BCUT2D eigenvalue weighted by Gasteiger charge is 2.20. The van der Waals surface area contributed by atoms with Gasteiger partial charge in [0, 0.05) is 29.2 Å². The Kier molecular flexibility index (Phi) is 3.90. The average Bonchev–Trinajstić information content (AvgIpc) is 3.23. The molecule has 0 saturated heterocycles. The maximum atomic E-state index is 13.2. The number of nitrogens with one attached hydrogen (secondary N) is 1. The fourth-order valence-corrected chi connectivity index (χ4v) is 2.18. The van der Waals surface area contributed by atoms with Crippen molar-refractivity contribution in [2.45, 2.75) is 25.4 Å². The molecular weight excluding hydrogens is 277 g/mol. The van der Waals surface area contributed by atoms with Crippen molar-refractivity contribution in [2.24, 2.45) is 0 Å². The van der Waals surface area contributed by atoms with Crippen LogP contribution in [0.5, 0.6) is 11.5 Å². The number of benzene rings is 2. The fourth-order valence-electron chi connectivity index (χ4n) is 1.98. The lowest BCUT2D eigenvalue weighted by Crippen LogP contribution is -2.15. The zero-order chi connectivity index (χ0) is 13.9. The molecule has 0 spiro atoms. The van der Waals surface area contributed by atoms with Gasteiger partial charge in [-0.25, -0.2) is 4.39 Å². The van der Waals surface area contributed by atoms with E-state index in [2.05, 4.69) is 5.32 Å². The molecule has 2 aromatic carbocycles. The van der Waals surface area contributed by atoms with Crippen LogP contribution in [0.4, 0.5) is 4.39 Å². The number of hydrogen-bond acceptors (Lipinski definition) is 2. The van der Waals surface area contributed by atoms with E-state index < -0.39 is 0 Å². The minimum atomic E-state index is -0.311. The van der Waals surface area contributed by atoms with Crippen LogP contribution in [0.1, 0.15) is 18.4 Å². The maximum absolute atomic E-state index is 13.2. The first-order valence-electron chi connectivity index (χ1n) is 6.66. The van der Waals surface area contributed by atoms with Gasteiger partial charge in [-0.05, 0) is 43.2 Å². The van der Waals surface area contributed by atoms with Gasteiger partial charge in [-0.15, -0.1) is 0 Å². The second-order valence-electron chi connectivity index (χ2n) is 4.97. The zero-order valence-electron chi connectivity index (χ0n) is 10.9. The van der Waals surface area contributed by atoms with Gasteiger partial charge in [0.15, 0.2) is 0 Å². The summed E-state index contributed by atoms with van der Waals surface area (Å²) in [5.41, 5.74) is 0.980. The lowest BCUT2D eigenvalue weighted by atomic mass is 10.2. The Balaban J connectivity index is 1.79. The molecule has 1 aliphatic carbocycles. The predicted molar refractivity (Wildman–Crippen MR) is 77.8 cm³/mol. The molecule has 0 bridgehead atoms. The summed E-state index contributed by atoms with van der Waals surface area (Å²) in [7, 11) is 0. The fraction of sp³-hybridized carbons (Fsp3) is 0.250. The normalized spacial score (nSPS) is 14.3. The van der Waals surface area contributed by atoms with E-state index in [0.29, 0.717) is 29.1 Å². The summed E-state index contributed by atoms with van der Waals surface area (Å²) in [4.78, 5) is 0. The number of hydrogen-bond donors (Lipinski definition) is 1. The minimum absolute atomic E-state index is 0.311. The van der Waals surface area contributed by atoms with Gasteiger partial charge in [0.05, 0.1) is 0 Å². The maximum Gasteiger partial charge on any atom is 0.132 e. The summed E-state index contributed by atoms with van der Waals surface area (Å²) in [5, 5.41) is 4.10. The van der Waals surface area contributed by atoms with E-state index in [1.54, 1.807) is 18.2 Å². The van der Waals surface area contributed by atoms with Gasteiger partial charge in [-0.1, -0.05) is 17.7 Å². The monoisotopic (exact) mass is 291 g/mol. The lowest BCUT2D eigenvalue weighted by molar-refractivity contribution is 0.467. The number of rotatable bonds is 5. The Hall–Kier alpha value is -1.58. The highest BCUT2D eigenvalue weighted by atomic mass is 35.5. The van der Waals surface area contributed by atoms with Crippen LogP contribution < -0.4 is 10.1 Å². The smallest absolute Gasteiger partial charge is 0.132 e. The van der Waals surface area contributed by atoms with Crippen molar-refractivity contribution in [1.82, 2.24) is 5.32 Å². The van der Waals surface area contributed by atoms with Gasteiger partial charge in [0.2, 0.25) is 0 Å². The average molecular weight is 292 g/mol. The SMILES string of the molecule is Fc1cccc(Oc2ccc(Cl)cc2CNC2CC2)c1. The zero-order valence-corrected chi connectivity index (χ0v) is 11.7. The van der Waals surface area contributed by atoms with Gasteiger partial charge in [-0.3, -0.25) is 0 Å². The highest BCUT2D eigenvalue weighted by molar-refractivity contribution is 6.30. The molecule has 0 unspecified atom stereocenters. The summed E-state index contributed by atoms with van der Waals surface area (Å²) < 4.78 is 18.9. The van der Waals surface area contributed by atoms with Gasteiger partial charge in [0.25, 0.3) is 0 Å². The molecule has 2 nitrogen and oxygen atoms in total. The molecule has 1 aliphatic rings. The van der Waals surface area contributed by atoms with Crippen LogP contribution in [0.25, 0.3) is 0 Å². The van der Waals surface area contributed by atoms with E-state index in [0.717, 1.165) is 5.56 Å². The Bertz CT molecular complexity index is 613. The van der Waals surface area contributed by atoms with E-state index in [-0.39, 0.29) is 5.82 Å². The molecule has 3 rings (SSSR count). The topological polar surface area (TPSA) is 21.3 Å². The molecule has 104 valence electrons. The summed E-state index contributed by atoms with van der Waals surface area (Å²) >= 11 is 6.03. The van der Waals surface area contributed by atoms with E-state index >= 15 is 0 Å². The van der Waals surface area contributed by atoms with Crippen LogP contribution >= 0.6 is 11.6 Å². The van der Waals surface area contributed by atoms with E-state index in [9.17, 15) is 4.39 Å². The Labute approximate surface area is 122 Å². The van der Waals surface area contributed by atoms with Crippen LogP contribution in [0.15, 0.2) is 42.5 Å². The molecule has 0 aromatic heterocycles. The lowest BCUT2D eigenvalue weighted by Gasteiger charge is -2.12. The van der Waals surface area contributed by atoms with Crippen molar-refractivity contribution in [2.75, 3.05) is 0 Å². The van der Waals surface area contributed by atoms with E-state index in [1.807, 2.05) is 12.1 Å². The van der Waals surface area contributed by atoms with Crippen LogP contribution in [0, 0.1) is 5.82 Å². The standard InChI is InChI=1S/C16H15ClFNO/c17-12-4-7-16(11(8-12)10-19-14-5-6-14)20-15-3-1-2-13(18)9-15/h1-4,7-9,14,19H,5-6,10H2. The summed E-state index contributed by atoms with van der Waals surface area (Å²) in [5.74, 6) is 0.877. The van der Waals surface area contributed by atoms with Crippen molar-refractivity contribution in [3.8, 4) is 11.5 Å². The van der Waals surface area contributed by atoms with Crippen molar-refractivity contribution >= 4 is 11.6 Å². The van der Waals surface area contributed by atoms with Crippen LogP contribution in [-0.2, 0) is 6.54 Å². The second kappa shape index (κ2) is 5.81. The molecule has 0 heterocycles. The van der Waals surface area contributed by atoms with E-state index in [1.165, 1.54) is 25.0 Å². The highest BCUT2D eigenvalue weighted by Crippen LogP contribution is 2.29. The molecule has 1 fully saturated rings. The number of halogens is 2. The predicted octanol–water partition coefficient (Wildman–Crippen LogP) is 4.52. The Morgan fingerprint density at radius 2 is 2.05 bits per heavy atom. The molecule has 0 radical (unpaired) electrons. The summed E-state index contributed by atoms with van der Waals surface area (Å²) in [6.07, 6.45) is 2.45. The molecule has 0 atom stereocenters. The Morgan fingerprint density at radius 3 is 2.80 bits per heavy atom. The quantitative estimate of drug-likeness (QED) is 0.874. The summed E-state index contributed by atoms with van der Waals surface area (Å²) in [6, 6.07) is 12.2. The first-order chi connectivity index (χ1) is 9.70. The van der Waals surface area contributed by atoms with Crippen LogP contribution in [-0.4, -0.2) is 6.04 Å². The molecule has 2 aromatic rings. The van der Waals surface area contributed by atoms with Crippen molar-refractivity contribution < 1.29 is 9.13 Å². The molecule has 0 aliphatic heterocycles. The summed E-state index contributed by atoms with van der Waals surface area (Å²) in [6.45, 7) is 0.704. The minimum Gasteiger partial charge on any atom is -0.457 e. The van der Waals surface area contributed by atoms with E-state index in [4.69, 9.17) is 16.3 Å². The third-order valence-corrected chi connectivity index (χ3v) is 3.44. The van der Waals surface area contributed by atoms with Crippen LogP contribution in [0.3, 0.4) is 0 Å². The third-order valence-electron chi connectivity index (χ3n) is 3.20. The molecular formula is C16H15ClFNO. The van der Waals surface area contributed by atoms with Crippen molar-refractivity contribution in [1.29, 1.82) is 0 Å². The largest absolute Gasteiger partial charge is 0.457 e. The van der Waals surface area contributed by atoms with Gasteiger partial charge < -0.3 is 10.1 Å². The molecule has 1 saturated carbocycles. The van der Waals surface area contributed by atoms with Crippen molar-refractivity contribution in [3.05, 3.63) is 58.9 Å². The first kappa shape index (κ1) is 13.4. The number of ether oxygens (including phenoxy) is 1. The molecule has 0 amide bonds. The second-order valence-corrected chi connectivity index (χ2v) is 5.40. The molecule has 4 heteroatoms. The van der Waals surface area contributed by atoms with Gasteiger partial charge in [0.1, 0.15) is 17.3 Å². The van der Waals surface area contributed by atoms with Crippen molar-refractivity contribution in [3.63, 3.8) is 0 Å².